The Kier molecular flexibility index (Phi) is 7.06. The van der Waals surface area contributed by atoms with Gasteiger partial charge in [0.05, 0.1) is 10.9 Å². The summed E-state index contributed by atoms with van der Waals surface area (Å²) in [6, 6.07) is 12.3. The highest BCUT2D eigenvalue weighted by molar-refractivity contribution is 7.89. The third kappa shape index (κ3) is 5.16. The lowest BCUT2D eigenvalue weighted by Gasteiger charge is -2.31. The van der Waals surface area contributed by atoms with E-state index in [-0.39, 0.29) is 28.2 Å². The highest BCUT2D eigenvalue weighted by Crippen LogP contribution is 2.32. The first-order valence-electron chi connectivity index (χ1n) is 11.2. The minimum atomic E-state index is -3.94. The number of benzene rings is 2. The largest absolute Gasteiger partial charge is 0.339 e. The molecule has 1 aliphatic rings. The van der Waals surface area contributed by atoms with Crippen molar-refractivity contribution in [3.8, 4) is 11.4 Å². The summed E-state index contributed by atoms with van der Waals surface area (Å²) in [5.41, 5.74) is 2.36. The van der Waals surface area contributed by atoms with Crippen LogP contribution in [0.15, 0.2) is 51.9 Å². The standard InChI is InChI=1S/C24H27ClN4O4S/c1-15(2)17-6-9-20(10-7-17)27-24(30)19-5-4-12-29(14-19)34(31,32)22-13-18(8-11-21(22)25)23-26-16(3)33-28-23/h6-11,13,15,19H,4-5,12,14H2,1-3H3,(H,27,30). The van der Waals surface area contributed by atoms with Crippen molar-refractivity contribution in [2.24, 2.45) is 5.92 Å². The molecule has 1 unspecified atom stereocenters. The average molecular weight is 503 g/mol. The van der Waals surface area contributed by atoms with Crippen LogP contribution in [0.3, 0.4) is 0 Å². The van der Waals surface area contributed by atoms with Gasteiger partial charge in [-0.15, -0.1) is 0 Å². The van der Waals surface area contributed by atoms with Crippen LogP contribution >= 0.6 is 11.6 Å². The number of piperidine rings is 1. The van der Waals surface area contributed by atoms with Crippen LogP contribution < -0.4 is 5.32 Å². The summed E-state index contributed by atoms with van der Waals surface area (Å²) >= 11 is 6.28. The molecule has 1 aliphatic heterocycles. The molecule has 1 saturated heterocycles. The Morgan fingerprint density at radius 1 is 1.21 bits per heavy atom. The number of hydrogen-bond donors (Lipinski definition) is 1. The Labute approximate surface area is 204 Å². The second-order valence-corrected chi connectivity index (χ2v) is 11.1. The maximum Gasteiger partial charge on any atom is 0.244 e. The second-order valence-electron chi connectivity index (χ2n) is 8.75. The van der Waals surface area contributed by atoms with Gasteiger partial charge in [0, 0.05) is 31.3 Å². The number of amides is 1. The van der Waals surface area contributed by atoms with Crippen molar-refractivity contribution in [3.05, 3.63) is 58.9 Å². The number of sulfonamides is 1. The average Bonchev–Trinajstić information content (AvgIpc) is 3.26. The maximum atomic E-state index is 13.5. The molecule has 3 aromatic rings. The molecule has 1 amide bonds. The smallest absolute Gasteiger partial charge is 0.244 e. The molecule has 2 aromatic carbocycles. The normalized spacial score (nSPS) is 17.1. The summed E-state index contributed by atoms with van der Waals surface area (Å²) in [5.74, 6) is 0.397. The molecule has 1 fully saturated rings. The Morgan fingerprint density at radius 3 is 2.59 bits per heavy atom. The monoisotopic (exact) mass is 502 g/mol. The zero-order valence-corrected chi connectivity index (χ0v) is 20.9. The van der Waals surface area contributed by atoms with Crippen LogP contribution in [0.2, 0.25) is 5.02 Å². The fourth-order valence-electron chi connectivity index (χ4n) is 3.97. The van der Waals surface area contributed by atoms with E-state index in [0.717, 1.165) is 0 Å². The Hall–Kier alpha value is -2.75. The van der Waals surface area contributed by atoms with E-state index in [4.69, 9.17) is 16.1 Å². The van der Waals surface area contributed by atoms with Gasteiger partial charge in [0.1, 0.15) is 4.90 Å². The molecule has 1 N–H and O–H groups in total. The molecule has 180 valence electrons. The molecule has 10 heteroatoms. The van der Waals surface area contributed by atoms with Gasteiger partial charge in [-0.25, -0.2) is 8.42 Å². The summed E-state index contributed by atoms with van der Waals surface area (Å²) in [6.45, 7) is 6.27. The van der Waals surface area contributed by atoms with Crippen molar-refractivity contribution in [2.45, 2.75) is 44.4 Å². The summed E-state index contributed by atoms with van der Waals surface area (Å²) in [7, 11) is -3.94. The summed E-state index contributed by atoms with van der Waals surface area (Å²) in [4.78, 5) is 17.0. The van der Waals surface area contributed by atoms with Crippen LogP contribution in [0.4, 0.5) is 5.69 Å². The van der Waals surface area contributed by atoms with Gasteiger partial charge in [-0.3, -0.25) is 4.79 Å². The number of halogens is 1. The SMILES string of the molecule is Cc1nc(-c2ccc(Cl)c(S(=O)(=O)N3CCCC(C(=O)Nc4ccc(C(C)C)cc4)C3)c2)no1. The Balaban J connectivity index is 1.51. The molecule has 1 aromatic heterocycles. The van der Waals surface area contributed by atoms with E-state index in [9.17, 15) is 13.2 Å². The van der Waals surface area contributed by atoms with Crippen molar-refractivity contribution in [1.29, 1.82) is 0 Å². The summed E-state index contributed by atoms with van der Waals surface area (Å²) in [5, 5.41) is 6.87. The third-order valence-electron chi connectivity index (χ3n) is 5.93. The number of anilines is 1. The molecule has 0 bridgehead atoms. The number of hydrogen-bond acceptors (Lipinski definition) is 6. The van der Waals surface area contributed by atoms with Crippen LogP contribution in [0, 0.1) is 12.8 Å². The van der Waals surface area contributed by atoms with Crippen LogP contribution in [0.5, 0.6) is 0 Å². The molecule has 0 spiro atoms. The number of aromatic nitrogens is 2. The fourth-order valence-corrected chi connectivity index (χ4v) is 5.99. The first-order valence-corrected chi connectivity index (χ1v) is 13.0. The van der Waals surface area contributed by atoms with E-state index in [1.54, 1.807) is 13.0 Å². The molecular formula is C24H27ClN4O4S. The molecule has 2 heterocycles. The number of rotatable bonds is 6. The molecular weight excluding hydrogens is 476 g/mol. The molecule has 8 nitrogen and oxygen atoms in total. The van der Waals surface area contributed by atoms with Crippen molar-refractivity contribution in [1.82, 2.24) is 14.4 Å². The van der Waals surface area contributed by atoms with Gasteiger partial charge < -0.3 is 9.84 Å². The zero-order valence-electron chi connectivity index (χ0n) is 19.3. The van der Waals surface area contributed by atoms with Crippen molar-refractivity contribution in [3.63, 3.8) is 0 Å². The third-order valence-corrected chi connectivity index (χ3v) is 8.28. The van der Waals surface area contributed by atoms with Gasteiger partial charge in [0.25, 0.3) is 0 Å². The van der Waals surface area contributed by atoms with Gasteiger partial charge in [-0.05, 0) is 54.7 Å². The number of carbonyl (C=O) groups is 1. The molecule has 34 heavy (non-hydrogen) atoms. The Bertz CT molecular complexity index is 1290. The van der Waals surface area contributed by atoms with E-state index < -0.39 is 15.9 Å². The van der Waals surface area contributed by atoms with Gasteiger partial charge >= 0.3 is 0 Å². The summed E-state index contributed by atoms with van der Waals surface area (Å²) < 4.78 is 33.3. The number of aryl methyl sites for hydroxylation is 1. The van der Waals surface area contributed by atoms with E-state index in [1.165, 1.54) is 22.0 Å². The van der Waals surface area contributed by atoms with E-state index in [1.807, 2.05) is 24.3 Å². The second kappa shape index (κ2) is 9.85. The molecule has 0 aliphatic carbocycles. The van der Waals surface area contributed by atoms with Crippen molar-refractivity contribution in [2.75, 3.05) is 18.4 Å². The topological polar surface area (TPSA) is 105 Å². The van der Waals surface area contributed by atoms with Gasteiger partial charge in [0.15, 0.2) is 0 Å². The maximum absolute atomic E-state index is 13.5. The fraction of sp³-hybridized carbons (Fsp3) is 0.375. The minimum absolute atomic E-state index is 0.0422. The molecule has 4 rings (SSSR count). The van der Waals surface area contributed by atoms with E-state index >= 15 is 0 Å². The van der Waals surface area contributed by atoms with Gasteiger partial charge in [-0.1, -0.05) is 42.7 Å². The van der Waals surface area contributed by atoms with E-state index in [0.29, 0.717) is 42.4 Å². The first-order chi connectivity index (χ1) is 16.1. The zero-order chi connectivity index (χ0) is 24.5. The van der Waals surface area contributed by atoms with Crippen molar-refractivity contribution < 1.29 is 17.7 Å². The van der Waals surface area contributed by atoms with Crippen molar-refractivity contribution >= 4 is 33.2 Å². The van der Waals surface area contributed by atoms with Crippen LogP contribution in [-0.4, -0.2) is 41.9 Å². The number of carbonyl (C=O) groups excluding carboxylic acids is 1. The van der Waals surface area contributed by atoms with Crippen LogP contribution in [0.1, 0.15) is 44.1 Å². The summed E-state index contributed by atoms with van der Waals surface area (Å²) in [6.07, 6.45) is 1.18. The lowest BCUT2D eigenvalue weighted by atomic mass is 9.98. The Morgan fingerprint density at radius 2 is 1.94 bits per heavy atom. The quantitative estimate of drug-likeness (QED) is 0.516. The highest BCUT2D eigenvalue weighted by Gasteiger charge is 2.34. The minimum Gasteiger partial charge on any atom is -0.339 e. The lowest BCUT2D eigenvalue weighted by molar-refractivity contribution is -0.120. The number of nitrogens with one attached hydrogen (secondary N) is 1. The van der Waals surface area contributed by atoms with Crippen LogP contribution in [-0.2, 0) is 14.8 Å². The molecule has 0 radical (unpaired) electrons. The first kappa shape index (κ1) is 24.4. The molecule has 1 atom stereocenters. The molecule has 0 saturated carbocycles. The number of nitrogens with zero attached hydrogens (tertiary/aromatic N) is 3. The van der Waals surface area contributed by atoms with Crippen LogP contribution in [0.25, 0.3) is 11.4 Å². The lowest BCUT2D eigenvalue weighted by Crippen LogP contribution is -2.43. The van der Waals surface area contributed by atoms with E-state index in [2.05, 4.69) is 29.3 Å². The van der Waals surface area contributed by atoms with Gasteiger partial charge in [0.2, 0.25) is 27.6 Å². The predicted octanol–water partition coefficient (Wildman–Crippen LogP) is 4.86. The van der Waals surface area contributed by atoms with Gasteiger partial charge in [-0.2, -0.15) is 9.29 Å². The predicted molar refractivity (Wildman–Crippen MR) is 130 cm³/mol. The highest BCUT2D eigenvalue weighted by atomic mass is 35.5.